The number of anilines is 1. The molecule has 1 saturated heterocycles. The Hall–Kier alpha value is -2.12. The monoisotopic (exact) mass is 379 g/mol. The van der Waals surface area contributed by atoms with Crippen molar-refractivity contribution in [2.24, 2.45) is 0 Å². The zero-order valence-electron chi connectivity index (χ0n) is 15.1. The summed E-state index contributed by atoms with van der Waals surface area (Å²) in [4.78, 5) is 8.00. The molecule has 1 aromatic heterocycles. The molecule has 0 saturated carbocycles. The Labute approximate surface area is 157 Å². The third-order valence-electron chi connectivity index (χ3n) is 4.95. The van der Waals surface area contributed by atoms with Crippen molar-refractivity contribution in [3.63, 3.8) is 0 Å². The van der Waals surface area contributed by atoms with E-state index >= 15 is 0 Å². The standard InChI is InChI=1S/C20H24F3N3O/c21-20(22,23)18-7-4-8-19(24-18)26-13-12-25(17(15-26)10-14-27)11-9-16-5-2-1-3-6-16/h1-8,17,27H,9-15H2/t17-/m0/s1. The first-order chi connectivity index (χ1) is 13.0. The van der Waals surface area contributed by atoms with Crippen LogP contribution in [0.2, 0.25) is 0 Å². The Morgan fingerprint density at radius 3 is 2.52 bits per heavy atom. The van der Waals surface area contributed by atoms with E-state index in [1.54, 1.807) is 6.07 Å². The zero-order chi connectivity index (χ0) is 19.3. The number of hydrogen-bond donors (Lipinski definition) is 1. The molecule has 0 radical (unpaired) electrons. The summed E-state index contributed by atoms with van der Waals surface area (Å²) in [5.74, 6) is 0.343. The molecule has 1 N–H and O–H groups in total. The topological polar surface area (TPSA) is 39.6 Å². The number of pyridine rings is 1. The molecule has 146 valence electrons. The summed E-state index contributed by atoms with van der Waals surface area (Å²) < 4.78 is 38.8. The Morgan fingerprint density at radius 2 is 1.81 bits per heavy atom. The summed E-state index contributed by atoms with van der Waals surface area (Å²) in [6.45, 7) is 2.82. The fourth-order valence-corrected chi connectivity index (χ4v) is 3.49. The van der Waals surface area contributed by atoms with Crippen LogP contribution in [-0.4, -0.2) is 53.8 Å². The molecule has 0 amide bonds. The number of aromatic nitrogens is 1. The second-order valence-electron chi connectivity index (χ2n) is 6.76. The Balaban J connectivity index is 1.66. The number of halogens is 3. The minimum atomic E-state index is -4.45. The molecule has 0 bridgehead atoms. The molecule has 4 nitrogen and oxygen atoms in total. The zero-order valence-corrected chi connectivity index (χ0v) is 15.1. The molecule has 3 rings (SSSR count). The number of benzene rings is 1. The number of rotatable bonds is 6. The summed E-state index contributed by atoms with van der Waals surface area (Å²) in [6.07, 6.45) is -2.95. The average molecular weight is 379 g/mol. The van der Waals surface area contributed by atoms with Gasteiger partial charge in [0.2, 0.25) is 0 Å². The minimum Gasteiger partial charge on any atom is -0.396 e. The predicted octanol–water partition coefficient (Wildman–Crippen LogP) is 3.22. The third-order valence-corrected chi connectivity index (χ3v) is 4.95. The highest BCUT2D eigenvalue weighted by molar-refractivity contribution is 5.40. The smallest absolute Gasteiger partial charge is 0.396 e. The van der Waals surface area contributed by atoms with E-state index in [-0.39, 0.29) is 12.6 Å². The number of aliphatic hydroxyl groups is 1. The Morgan fingerprint density at radius 1 is 1.04 bits per heavy atom. The van der Waals surface area contributed by atoms with Crippen LogP contribution in [0, 0.1) is 0 Å². The third kappa shape index (κ3) is 5.20. The van der Waals surface area contributed by atoms with E-state index in [4.69, 9.17) is 0 Å². The van der Waals surface area contributed by atoms with Gasteiger partial charge in [-0.2, -0.15) is 13.2 Å². The van der Waals surface area contributed by atoms with Crippen LogP contribution >= 0.6 is 0 Å². The van der Waals surface area contributed by atoms with Gasteiger partial charge in [0.15, 0.2) is 0 Å². The quantitative estimate of drug-likeness (QED) is 0.837. The van der Waals surface area contributed by atoms with Gasteiger partial charge in [-0.25, -0.2) is 4.98 Å². The van der Waals surface area contributed by atoms with Crippen molar-refractivity contribution >= 4 is 5.82 Å². The first-order valence-corrected chi connectivity index (χ1v) is 9.15. The van der Waals surface area contributed by atoms with Crippen LogP contribution in [0.3, 0.4) is 0 Å². The number of nitrogens with zero attached hydrogens (tertiary/aromatic N) is 3. The first kappa shape index (κ1) is 19.6. The Kier molecular flexibility index (Phi) is 6.34. The number of piperazine rings is 1. The lowest BCUT2D eigenvalue weighted by atomic mass is 10.1. The summed E-state index contributed by atoms with van der Waals surface area (Å²) in [5.41, 5.74) is 0.382. The maximum absolute atomic E-state index is 12.9. The van der Waals surface area contributed by atoms with Gasteiger partial charge < -0.3 is 10.0 Å². The van der Waals surface area contributed by atoms with Crippen LogP contribution in [0.5, 0.6) is 0 Å². The van der Waals surface area contributed by atoms with Crippen LogP contribution < -0.4 is 4.90 Å². The van der Waals surface area contributed by atoms with E-state index in [2.05, 4.69) is 22.0 Å². The molecular formula is C20H24F3N3O. The van der Waals surface area contributed by atoms with Crippen molar-refractivity contribution in [1.29, 1.82) is 0 Å². The van der Waals surface area contributed by atoms with Crippen LogP contribution in [0.1, 0.15) is 17.7 Å². The Bertz CT molecular complexity index is 724. The van der Waals surface area contributed by atoms with Gasteiger partial charge >= 0.3 is 6.18 Å². The lowest BCUT2D eigenvalue weighted by Gasteiger charge is -2.42. The van der Waals surface area contributed by atoms with Crippen molar-refractivity contribution in [1.82, 2.24) is 9.88 Å². The number of alkyl halides is 3. The highest BCUT2D eigenvalue weighted by Crippen LogP contribution is 2.29. The molecule has 2 aromatic rings. The second kappa shape index (κ2) is 8.71. The predicted molar refractivity (Wildman–Crippen MR) is 98.7 cm³/mol. The lowest BCUT2D eigenvalue weighted by molar-refractivity contribution is -0.141. The average Bonchev–Trinajstić information content (AvgIpc) is 2.67. The van der Waals surface area contributed by atoms with E-state index in [9.17, 15) is 18.3 Å². The summed E-state index contributed by atoms with van der Waals surface area (Å²) in [5, 5.41) is 9.42. The normalized spacial score (nSPS) is 18.7. The van der Waals surface area contributed by atoms with Gasteiger partial charge in [-0.05, 0) is 30.5 Å². The molecule has 27 heavy (non-hydrogen) atoms. The molecule has 0 aliphatic carbocycles. The van der Waals surface area contributed by atoms with Crippen molar-refractivity contribution in [2.75, 3.05) is 37.7 Å². The molecular weight excluding hydrogens is 355 g/mol. The number of aliphatic hydroxyl groups excluding tert-OH is 1. The van der Waals surface area contributed by atoms with Gasteiger partial charge in [-0.3, -0.25) is 4.90 Å². The maximum Gasteiger partial charge on any atom is 0.433 e. The van der Waals surface area contributed by atoms with Crippen LogP contribution in [0.4, 0.5) is 19.0 Å². The SMILES string of the molecule is OCC[C@H]1CN(c2cccc(C(F)(F)F)n2)CCN1CCc1ccccc1. The van der Waals surface area contributed by atoms with Gasteiger partial charge in [-0.15, -0.1) is 0 Å². The molecule has 1 atom stereocenters. The van der Waals surface area contributed by atoms with Crippen molar-refractivity contribution in [2.45, 2.75) is 25.1 Å². The van der Waals surface area contributed by atoms with E-state index in [0.717, 1.165) is 25.6 Å². The summed E-state index contributed by atoms with van der Waals surface area (Å²) in [7, 11) is 0. The highest BCUT2D eigenvalue weighted by Gasteiger charge is 2.33. The molecule has 1 aromatic carbocycles. The molecule has 1 aliphatic rings. The van der Waals surface area contributed by atoms with Crippen LogP contribution in [0.25, 0.3) is 0 Å². The molecule has 1 fully saturated rings. The van der Waals surface area contributed by atoms with Crippen molar-refractivity contribution < 1.29 is 18.3 Å². The van der Waals surface area contributed by atoms with Gasteiger partial charge in [0.05, 0.1) is 0 Å². The largest absolute Gasteiger partial charge is 0.433 e. The lowest BCUT2D eigenvalue weighted by Crippen LogP contribution is -2.54. The maximum atomic E-state index is 12.9. The fraction of sp³-hybridized carbons (Fsp3) is 0.450. The van der Waals surface area contributed by atoms with Crippen molar-refractivity contribution in [3.8, 4) is 0 Å². The van der Waals surface area contributed by atoms with Gasteiger partial charge in [0.25, 0.3) is 0 Å². The van der Waals surface area contributed by atoms with Gasteiger partial charge in [-0.1, -0.05) is 36.4 Å². The second-order valence-corrected chi connectivity index (χ2v) is 6.76. The first-order valence-electron chi connectivity index (χ1n) is 9.15. The summed E-state index contributed by atoms with van der Waals surface area (Å²) in [6, 6.07) is 14.3. The van der Waals surface area contributed by atoms with E-state index in [1.165, 1.54) is 11.6 Å². The van der Waals surface area contributed by atoms with Crippen LogP contribution in [-0.2, 0) is 12.6 Å². The molecule has 7 heteroatoms. The number of hydrogen-bond acceptors (Lipinski definition) is 4. The van der Waals surface area contributed by atoms with E-state index in [0.29, 0.717) is 25.3 Å². The molecule has 0 unspecified atom stereocenters. The minimum absolute atomic E-state index is 0.0519. The van der Waals surface area contributed by atoms with Crippen LogP contribution in [0.15, 0.2) is 48.5 Å². The highest BCUT2D eigenvalue weighted by atomic mass is 19.4. The van der Waals surface area contributed by atoms with Gasteiger partial charge in [0, 0.05) is 38.8 Å². The van der Waals surface area contributed by atoms with E-state index < -0.39 is 11.9 Å². The summed E-state index contributed by atoms with van der Waals surface area (Å²) >= 11 is 0. The molecule has 1 aliphatic heterocycles. The van der Waals surface area contributed by atoms with Gasteiger partial charge in [0.1, 0.15) is 11.5 Å². The molecule has 2 heterocycles. The fourth-order valence-electron chi connectivity index (χ4n) is 3.49. The van der Waals surface area contributed by atoms with Crippen molar-refractivity contribution in [3.05, 3.63) is 59.8 Å². The molecule has 0 spiro atoms. The van der Waals surface area contributed by atoms with E-state index in [1.807, 2.05) is 23.1 Å².